The summed E-state index contributed by atoms with van der Waals surface area (Å²) in [7, 11) is 0. The Kier molecular flexibility index (Phi) is 13.9. The van der Waals surface area contributed by atoms with E-state index in [0.717, 1.165) is 34.1 Å². The fraction of sp³-hybridized carbons (Fsp3) is 0.480. The molecule has 0 spiro atoms. The molecule has 0 heterocycles. The zero-order valence-corrected chi connectivity index (χ0v) is 21.1. The van der Waals surface area contributed by atoms with Gasteiger partial charge in [-0.25, -0.2) is 0 Å². The number of hydrogen-bond donors (Lipinski definition) is 2. The molecule has 1 nitrogen and oxygen atoms in total. The van der Waals surface area contributed by atoms with Crippen molar-refractivity contribution in [3.63, 3.8) is 0 Å². The number of rotatable bonds is 16. The second kappa shape index (κ2) is 16.2. The van der Waals surface area contributed by atoms with Crippen molar-refractivity contribution in [3.05, 3.63) is 59.7 Å². The number of thioether (sulfide) groups is 2. The van der Waals surface area contributed by atoms with Crippen molar-refractivity contribution in [2.75, 3.05) is 23.0 Å². The van der Waals surface area contributed by atoms with Gasteiger partial charge in [-0.2, -0.15) is 25.3 Å². The lowest BCUT2D eigenvalue weighted by molar-refractivity contribution is 0.103. The third-order valence-electron chi connectivity index (χ3n) is 4.88. The van der Waals surface area contributed by atoms with Crippen LogP contribution in [0.15, 0.2) is 58.3 Å². The molecule has 0 unspecified atom stereocenters. The van der Waals surface area contributed by atoms with Crippen molar-refractivity contribution in [1.82, 2.24) is 0 Å². The van der Waals surface area contributed by atoms with E-state index < -0.39 is 0 Å². The second-order valence-corrected chi connectivity index (χ2v) is 10.6. The predicted molar refractivity (Wildman–Crippen MR) is 142 cm³/mol. The quantitative estimate of drug-likeness (QED) is 0.110. The maximum absolute atomic E-state index is 12.8. The van der Waals surface area contributed by atoms with Gasteiger partial charge in [0.1, 0.15) is 0 Å². The van der Waals surface area contributed by atoms with Crippen LogP contribution >= 0.6 is 48.8 Å². The van der Waals surface area contributed by atoms with Gasteiger partial charge in [-0.3, -0.25) is 4.79 Å². The molecule has 0 aliphatic rings. The van der Waals surface area contributed by atoms with Crippen LogP contribution in [0.25, 0.3) is 0 Å². The van der Waals surface area contributed by atoms with Crippen molar-refractivity contribution < 1.29 is 4.79 Å². The Morgan fingerprint density at radius 2 is 0.933 bits per heavy atom. The summed E-state index contributed by atoms with van der Waals surface area (Å²) in [5.74, 6) is 4.34. The summed E-state index contributed by atoms with van der Waals surface area (Å²) in [6.45, 7) is 0. The van der Waals surface area contributed by atoms with Gasteiger partial charge in [0, 0.05) is 20.9 Å². The van der Waals surface area contributed by atoms with Gasteiger partial charge >= 0.3 is 0 Å². The predicted octanol–water partition coefficient (Wildman–Crippen LogP) is 8.08. The van der Waals surface area contributed by atoms with E-state index in [1.54, 1.807) is 0 Å². The summed E-state index contributed by atoms with van der Waals surface area (Å²) >= 11 is 12.2. The van der Waals surface area contributed by atoms with Crippen LogP contribution in [0.4, 0.5) is 0 Å². The van der Waals surface area contributed by atoms with Crippen LogP contribution in [-0.2, 0) is 0 Å². The molecule has 0 aliphatic carbocycles. The number of hydrogen-bond acceptors (Lipinski definition) is 5. The molecule has 0 amide bonds. The number of benzene rings is 2. The van der Waals surface area contributed by atoms with E-state index in [1.807, 2.05) is 47.8 Å². The molecule has 0 N–H and O–H groups in total. The Morgan fingerprint density at radius 1 is 0.567 bits per heavy atom. The minimum Gasteiger partial charge on any atom is -0.289 e. The molecular formula is C25H34OS4. The monoisotopic (exact) mass is 478 g/mol. The molecule has 0 saturated carbocycles. The maximum Gasteiger partial charge on any atom is 0.193 e. The van der Waals surface area contributed by atoms with Crippen LogP contribution in [0, 0.1) is 0 Å². The molecule has 5 heteroatoms. The number of carbonyl (C=O) groups excluding carboxylic acids is 1. The Labute approximate surface area is 202 Å². The highest BCUT2D eigenvalue weighted by Gasteiger charge is 2.09. The number of thiol groups is 2. The van der Waals surface area contributed by atoms with Gasteiger partial charge in [0.25, 0.3) is 0 Å². The molecule has 0 atom stereocenters. The van der Waals surface area contributed by atoms with Crippen LogP contribution in [0.2, 0.25) is 0 Å². The summed E-state index contributed by atoms with van der Waals surface area (Å²) < 4.78 is 0. The van der Waals surface area contributed by atoms with E-state index in [9.17, 15) is 4.79 Å². The van der Waals surface area contributed by atoms with E-state index in [2.05, 4.69) is 49.5 Å². The van der Waals surface area contributed by atoms with Gasteiger partial charge in [0.05, 0.1) is 0 Å². The Balaban J connectivity index is 1.75. The maximum atomic E-state index is 12.8. The standard InChI is InChI=1S/C25H34OS4/c26-25(21-9-13-23(14-10-21)29-19-7-3-1-5-17-27)22-11-15-24(16-12-22)30-20-8-4-2-6-18-28/h9-16,27-28H,1-8,17-20H2. The minimum absolute atomic E-state index is 0.0987. The summed E-state index contributed by atoms with van der Waals surface area (Å²) in [6, 6.07) is 16.1. The molecule has 164 valence electrons. The second-order valence-electron chi connectivity index (χ2n) is 7.35. The first kappa shape index (κ1) is 25.8. The summed E-state index contributed by atoms with van der Waals surface area (Å²) in [4.78, 5) is 15.2. The first-order chi connectivity index (χ1) is 14.7. The van der Waals surface area contributed by atoms with E-state index in [0.29, 0.717) is 0 Å². The van der Waals surface area contributed by atoms with Gasteiger partial charge in [0.2, 0.25) is 0 Å². The third-order valence-corrected chi connectivity index (χ3v) is 7.70. The number of ketones is 1. The minimum atomic E-state index is 0.0987. The first-order valence-corrected chi connectivity index (χ1v) is 14.2. The number of unbranched alkanes of at least 4 members (excludes halogenated alkanes) is 6. The average molecular weight is 479 g/mol. The van der Waals surface area contributed by atoms with Gasteiger partial charge in [-0.05, 0) is 97.2 Å². The fourth-order valence-electron chi connectivity index (χ4n) is 3.09. The average Bonchev–Trinajstić information content (AvgIpc) is 2.79. The van der Waals surface area contributed by atoms with Gasteiger partial charge < -0.3 is 0 Å². The molecule has 0 saturated heterocycles. The Hall–Kier alpha value is -0.490. The SMILES string of the molecule is O=C(c1ccc(SCCCCCCS)cc1)c1ccc(SCCCCCCS)cc1. The molecule has 2 aromatic carbocycles. The Morgan fingerprint density at radius 3 is 1.30 bits per heavy atom. The summed E-state index contributed by atoms with van der Waals surface area (Å²) in [5.41, 5.74) is 1.52. The van der Waals surface area contributed by atoms with Crippen molar-refractivity contribution in [3.8, 4) is 0 Å². The highest BCUT2D eigenvalue weighted by Crippen LogP contribution is 2.23. The van der Waals surface area contributed by atoms with Gasteiger partial charge in [0.15, 0.2) is 5.78 Å². The lowest BCUT2D eigenvalue weighted by Crippen LogP contribution is -2.00. The normalized spacial score (nSPS) is 11.0. The molecule has 0 radical (unpaired) electrons. The van der Waals surface area contributed by atoms with Crippen LogP contribution < -0.4 is 0 Å². The molecule has 2 rings (SSSR count). The molecule has 30 heavy (non-hydrogen) atoms. The highest BCUT2D eigenvalue weighted by atomic mass is 32.2. The molecular weight excluding hydrogens is 445 g/mol. The van der Waals surface area contributed by atoms with E-state index in [-0.39, 0.29) is 5.78 Å². The zero-order chi connectivity index (χ0) is 21.4. The van der Waals surface area contributed by atoms with Crippen LogP contribution in [0.3, 0.4) is 0 Å². The highest BCUT2D eigenvalue weighted by molar-refractivity contribution is 7.99. The summed E-state index contributed by atoms with van der Waals surface area (Å²) in [6.07, 6.45) is 9.97. The van der Waals surface area contributed by atoms with Gasteiger partial charge in [-0.15, -0.1) is 23.5 Å². The number of carbonyl (C=O) groups is 1. The van der Waals surface area contributed by atoms with Crippen molar-refractivity contribution in [1.29, 1.82) is 0 Å². The Bertz CT molecular complexity index is 651. The first-order valence-electron chi connectivity index (χ1n) is 11.0. The smallest absolute Gasteiger partial charge is 0.193 e. The molecule has 0 aromatic heterocycles. The molecule has 2 aromatic rings. The van der Waals surface area contributed by atoms with Crippen molar-refractivity contribution in [2.45, 2.75) is 61.2 Å². The van der Waals surface area contributed by atoms with E-state index >= 15 is 0 Å². The van der Waals surface area contributed by atoms with E-state index in [1.165, 1.54) is 61.2 Å². The van der Waals surface area contributed by atoms with E-state index in [4.69, 9.17) is 0 Å². The molecule has 0 fully saturated rings. The summed E-state index contributed by atoms with van der Waals surface area (Å²) in [5, 5.41) is 0. The topological polar surface area (TPSA) is 17.1 Å². The molecule has 0 bridgehead atoms. The lowest BCUT2D eigenvalue weighted by atomic mass is 10.0. The van der Waals surface area contributed by atoms with Crippen molar-refractivity contribution >= 4 is 54.6 Å². The van der Waals surface area contributed by atoms with Crippen LogP contribution in [0.1, 0.15) is 67.3 Å². The fourth-order valence-corrected chi connectivity index (χ4v) is 5.36. The molecule has 0 aliphatic heterocycles. The zero-order valence-electron chi connectivity index (χ0n) is 17.7. The van der Waals surface area contributed by atoms with Crippen LogP contribution in [-0.4, -0.2) is 28.8 Å². The van der Waals surface area contributed by atoms with Crippen molar-refractivity contribution in [2.24, 2.45) is 0 Å². The third kappa shape index (κ3) is 10.2. The van der Waals surface area contributed by atoms with Gasteiger partial charge in [-0.1, -0.05) is 25.7 Å². The lowest BCUT2D eigenvalue weighted by Gasteiger charge is -2.06. The largest absolute Gasteiger partial charge is 0.289 e. The van der Waals surface area contributed by atoms with Crippen LogP contribution in [0.5, 0.6) is 0 Å².